The maximum absolute atomic E-state index is 12.0. The summed E-state index contributed by atoms with van der Waals surface area (Å²) in [5.41, 5.74) is 1.23. The molecule has 0 atom stereocenters. The second-order valence-corrected chi connectivity index (χ2v) is 6.08. The van der Waals surface area contributed by atoms with E-state index in [0.717, 1.165) is 17.3 Å². The molecular formula is C19H18INO3. The van der Waals surface area contributed by atoms with Crippen LogP contribution in [0, 0.1) is 0 Å². The van der Waals surface area contributed by atoms with E-state index in [1.807, 2.05) is 24.3 Å². The smallest absolute Gasteiger partial charge is 0.335 e. The summed E-state index contributed by atoms with van der Waals surface area (Å²) in [4.78, 5) is 23.7. The van der Waals surface area contributed by atoms with Crippen LogP contribution < -0.4 is 10.1 Å². The van der Waals surface area contributed by atoms with Crippen molar-refractivity contribution in [2.24, 2.45) is 0 Å². The Labute approximate surface area is 155 Å². The van der Waals surface area contributed by atoms with Crippen molar-refractivity contribution >= 4 is 40.2 Å². The number of ether oxygens (including phenoxy) is 1. The summed E-state index contributed by atoms with van der Waals surface area (Å²) in [6, 6.07) is 15.7. The van der Waals surface area contributed by atoms with Gasteiger partial charge in [0.15, 0.2) is 0 Å². The number of rotatable bonds is 7. The Morgan fingerprint density at radius 3 is 2.42 bits per heavy atom. The Balaban J connectivity index is 1.87. The van der Waals surface area contributed by atoms with E-state index in [-0.39, 0.29) is 5.91 Å². The lowest BCUT2D eigenvalue weighted by molar-refractivity contribution is -0.129. The molecule has 2 rings (SSSR count). The van der Waals surface area contributed by atoms with Crippen LogP contribution in [0.1, 0.15) is 23.2 Å². The van der Waals surface area contributed by atoms with Gasteiger partial charge in [0.2, 0.25) is 0 Å². The zero-order valence-electron chi connectivity index (χ0n) is 13.1. The fourth-order valence-electron chi connectivity index (χ4n) is 1.92. The predicted molar refractivity (Wildman–Crippen MR) is 104 cm³/mol. The van der Waals surface area contributed by atoms with E-state index in [9.17, 15) is 9.59 Å². The van der Waals surface area contributed by atoms with Gasteiger partial charge in [0, 0.05) is 17.3 Å². The maximum atomic E-state index is 12.0. The summed E-state index contributed by atoms with van der Waals surface area (Å²) >= 11 is 2.30. The number of benzene rings is 2. The number of unbranched alkanes of at least 4 members (excludes halogenated alkanes) is 1. The summed E-state index contributed by atoms with van der Waals surface area (Å²) < 4.78 is 6.26. The fraction of sp³-hybridized carbons (Fsp3) is 0.158. The normalized spacial score (nSPS) is 10.5. The van der Waals surface area contributed by atoms with Crippen LogP contribution in [0.15, 0.2) is 66.7 Å². The molecule has 2 aromatic rings. The molecule has 4 nitrogen and oxygen atoms in total. The number of hydrogen-bond acceptors (Lipinski definition) is 3. The van der Waals surface area contributed by atoms with Gasteiger partial charge in [-0.25, -0.2) is 4.79 Å². The van der Waals surface area contributed by atoms with E-state index in [0.29, 0.717) is 17.0 Å². The number of halogens is 1. The fourth-order valence-corrected chi connectivity index (χ4v) is 2.36. The third-order valence-corrected chi connectivity index (χ3v) is 3.89. The summed E-state index contributed by atoms with van der Waals surface area (Å²) in [6.45, 7) is 0. The third kappa shape index (κ3) is 6.16. The molecule has 0 aliphatic heterocycles. The number of esters is 1. The average Bonchev–Trinajstić information content (AvgIpc) is 2.61. The van der Waals surface area contributed by atoms with Crippen molar-refractivity contribution in [3.63, 3.8) is 0 Å². The van der Waals surface area contributed by atoms with Gasteiger partial charge >= 0.3 is 5.97 Å². The van der Waals surface area contributed by atoms with Gasteiger partial charge in [-0.3, -0.25) is 4.79 Å². The third-order valence-electron chi connectivity index (χ3n) is 3.12. The lowest BCUT2D eigenvalue weighted by Gasteiger charge is -2.06. The van der Waals surface area contributed by atoms with Crippen molar-refractivity contribution in [1.29, 1.82) is 0 Å². The van der Waals surface area contributed by atoms with Gasteiger partial charge in [0.1, 0.15) is 5.75 Å². The Morgan fingerprint density at radius 2 is 1.75 bits per heavy atom. The molecule has 0 heterocycles. The van der Waals surface area contributed by atoms with Gasteiger partial charge in [-0.1, -0.05) is 46.9 Å². The Bertz CT molecular complexity index is 696. The van der Waals surface area contributed by atoms with Crippen LogP contribution in [0.3, 0.4) is 0 Å². The second-order valence-electron chi connectivity index (χ2n) is 5.00. The molecule has 124 valence electrons. The first kappa shape index (κ1) is 18.2. The minimum Gasteiger partial charge on any atom is -0.423 e. The Kier molecular flexibility index (Phi) is 7.48. The molecular weight excluding hydrogens is 417 g/mol. The van der Waals surface area contributed by atoms with Gasteiger partial charge in [-0.05, 0) is 53.7 Å². The molecule has 1 amide bonds. The SMILES string of the molecule is O=C(C=CCCCI)Oc1ccc(NC(=O)c2ccccc2)cc1. The molecule has 0 aliphatic rings. The zero-order valence-corrected chi connectivity index (χ0v) is 15.2. The average molecular weight is 435 g/mol. The number of hydrogen-bond donors (Lipinski definition) is 1. The molecule has 0 saturated heterocycles. The molecule has 0 aromatic heterocycles. The molecule has 0 radical (unpaired) electrons. The number of carbonyl (C=O) groups excluding carboxylic acids is 2. The predicted octanol–water partition coefficient (Wildman–Crippen LogP) is 4.62. The first-order valence-corrected chi connectivity index (χ1v) is 9.12. The van der Waals surface area contributed by atoms with Gasteiger partial charge in [-0.2, -0.15) is 0 Å². The van der Waals surface area contributed by atoms with Crippen LogP contribution in [0.4, 0.5) is 5.69 Å². The van der Waals surface area contributed by atoms with Crippen LogP contribution in [-0.4, -0.2) is 16.3 Å². The maximum Gasteiger partial charge on any atom is 0.335 e. The number of allylic oxidation sites excluding steroid dienone is 1. The van der Waals surface area contributed by atoms with E-state index in [4.69, 9.17) is 4.74 Å². The van der Waals surface area contributed by atoms with Crippen molar-refractivity contribution < 1.29 is 14.3 Å². The molecule has 0 bridgehead atoms. The van der Waals surface area contributed by atoms with Crippen LogP contribution in [0.2, 0.25) is 0 Å². The highest BCUT2D eigenvalue weighted by atomic mass is 127. The summed E-state index contributed by atoms with van der Waals surface area (Å²) in [7, 11) is 0. The number of anilines is 1. The summed E-state index contributed by atoms with van der Waals surface area (Å²) in [5, 5.41) is 2.79. The van der Waals surface area contributed by atoms with Crippen LogP contribution in [-0.2, 0) is 4.79 Å². The minimum atomic E-state index is -0.399. The van der Waals surface area contributed by atoms with Gasteiger partial charge < -0.3 is 10.1 Å². The largest absolute Gasteiger partial charge is 0.423 e. The molecule has 5 heteroatoms. The van der Waals surface area contributed by atoms with Crippen molar-refractivity contribution in [3.8, 4) is 5.75 Å². The molecule has 2 aromatic carbocycles. The molecule has 0 aliphatic carbocycles. The standard InChI is InChI=1S/C19H18INO3/c20-14-6-2-5-9-18(22)24-17-12-10-16(11-13-17)21-19(23)15-7-3-1-4-8-15/h1,3-5,7-13H,2,6,14H2,(H,21,23). The highest BCUT2D eigenvalue weighted by Crippen LogP contribution is 2.17. The monoisotopic (exact) mass is 435 g/mol. The minimum absolute atomic E-state index is 0.182. The van der Waals surface area contributed by atoms with E-state index in [1.54, 1.807) is 36.4 Å². The van der Waals surface area contributed by atoms with Crippen molar-refractivity contribution in [3.05, 3.63) is 72.3 Å². The first-order chi connectivity index (χ1) is 11.7. The van der Waals surface area contributed by atoms with Crippen molar-refractivity contribution in [1.82, 2.24) is 0 Å². The molecule has 0 spiro atoms. The van der Waals surface area contributed by atoms with Crippen molar-refractivity contribution in [2.75, 3.05) is 9.74 Å². The number of nitrogens with one attached hydrogen (secondary N) is 1. The van der Waals surface area contributed by atoms with Crippen LogP contribution in [0.25, 0.3) is 0 Å². The van der Waals surface area contributed by atoms with Gasteiger partial charge in [-0.15, -0.1) is 0 Å². The topological polar surface area (TPSA) is 55.4 Å². The Hall–Kier alpha value is -2.15. The summed E-state index contributed by atoms with van der Waals surface area (Å²) in [5.74, 6) is -0.140. The van der Waals surface area contributed by atoms with Crippen molar-refractivity contribution in [2.45, 2.75) is 12.8 Å². The van der Waals surface area contributed by atoms with E-state index in [1.165, 1.54) is 6.08 Å². The number of alkyl halides is 1. The van der Waals surface area contributed by atoms with E-state index >= 15 is 0 Å². The quantitative estimate of drug-likeness (QED) is 0.173. The molecule has 1 N–H and O–H groups in total. The van der Waals surface area contributed by atoms with Crippen LogP contribution >= 0.6 is 22.6 Å². The molecule has 0 unspecified atom stereocenters. The molecule has 0 fully saturated rings. The zero-order chi connectivity index (χ0) is 17.2. The second kappa shape index (κ2) is 9.87. The Morgan fingerprint density at radius 1 is 1.04 bits per heavy atom. The van der Waals surface area contributed by atoms with E-state index in [2.05, 4.69) is 27.9 Å². The van der Waals surface area contributed by atoms with E-state index < -0.39 is 5.97 Å². The molecule has 0 saturated carbocycles. The van der Waals surface area contributed by atoms with Gasteiger partial charge in [0.05, 0.1) is 0 Å². The van der Waals surface area contributed by atoms with Crippen LogP contribution in [0.5, 0.6) is 5.75 Å². The molecule has 24 heavy (non-hydrogen) atoms. The first-order valence-electron chi connectivity index (χ1n) is 7.60. The number of amides is 1. The van der Waals surface area contributed by atoms with Gasteiger partial charge in [0.25, 0.3) is 5.91 Å². The lowest BCUT2D eigenvalue weighted by atomic mass is 10.2. The lowest BCUT2D eigenvalue weighted by Crippen LogP contribution is -2.11. The highest BCUT2D eigenvalue weighted by Gasteiger charge is 2.06. The highest BCUT2D eigenvalue weighted by molar-refractivity contribution is 14.1. The summed E-state index contributed by atoms with van der Waals surface area (Å²) in [6.07, 6.45) is 5.16. The number of carbonyl (C=O) groups is 2.